The van der Waals surface area contributed by atoms with Gasteiger partial charge in [-0.05, 0) is 49.2 Å². The third kappa shape index (κ3) is 3.74. The van der Waals surface area contributed by atoms with Gasteiger partial charge in [-0.3, -0.25) is 0 Å². The molecule has 1 nitrogen and oxygen atoms in total. The second kappa shape index (κ2) is 5.76. The Kier molecular flexibility index (Phi) is 4.21. The fraction of sp³-hybridized carbons (Fsp3) is 0.250. The smallest absolute Gasteiger partial charge is 0.378 e. The summed E-state index contributed by atoms with van der Waals surface area (Å²) < 4.78 is 50.9. The molecule has 21 heavy (non-hydrogen) atoms. The molecule has 1 unspecified atom stereocenters. The molecule has 0 radical (unpaired) electrons. The van der Waals surface area contributed by atoms with Crippen LogP contribution in [0.2, 0.25) is 0 Å². The molecule has 1 N–H and O–H groups in total. The van der Waals surface area contributed by atoms with Gasteiger partial charge in [0.25, 0.3) is 0 Å². The van der Waals surface area contributed by atoms with Crippen molar-refractivity contribution >= 4 is 5.69 Å². The molecular formula is C16H15F4N. The number of rotatable bonds is 3. The monoisotopic (exact) mass is 297 g/mol. The van der Waals surface area contributed by atoms with Crippen LogP contribution in [0, 0.1) is 12.7 Å². The highest BCUT2D eigenvalue weighted by molar-refractivity contribution is 5.47. The normalized spacial score (nSPS) is 13.0. The van der Waals surface area contributed by atoms with Crippen LogP contribution < -0.4 is 5.32 Å². The highest BCUT2D eigenvalue weighted by Gasteiger charge is 2.30. The summed E-state index contributed by atoms with van der Waals surface area (Å²) in [6, 6.07) is 9.46. The van der Waals surface area contributed by atoms with E-state index >= 15 is 0 Å². The van der Waals surface area contributed by atoms with Crippen LogP contribution in [0.3, 0.4) is 0 Å². The van der Waals surface area contributed by atoms with E-state index in [4.69, 9.17) is 0 Å². The number of halogens is 4. The molecule has 0 aliphatic rings. The zero-order chi connectivity index (χ0) is 15.6. The molecule has 0 aliphatic heterocycles. The van der Waals surface area contributed by atoms with E-state index in [1.54, 1.807) is 26.0 Å². The maximum Gasteiger partial charge on any atom is 0.416 e. The van der Waals surface area contributed by atoms with Crippen molar-refractivity contribution in [3.8, 4) is 0 Å². The molecule has 1 atom stereocenters. The summed E-state index contributed by atoms with van der Waals surface area (Å²) in [5, 5.41) is 3.06. The van der Waals surface area contributed by atoms with E-state index in [2.05, 4.69) is 5.32 Å². The number of hydrogen-bond donors (Lipinski definition) is 1. The van der Waals surface area contributed by atoms with Crippen molar-refractivity contribution in [2.45, 2.75) is 26.1 Å². The van der Waals surface area contributed by atoms with Crippen molar-refractivity contribution in [2.24, 2.45) is 0 Å². The van der Waals surface area contributed by atoms with Gasteiger partial charge >= 0.3 is 6.18 Å². The highest BCUT2D eigenvalue weighted by atomic mass is 19.4. The van der Waals surface area contributed by atoms with Gasteiger partial charge in [-0.2, -0.15) is 13.2 Å². The number of aryl methyl sites for hydroxylation is 1. The Morgan fingerprint density at radius 3 is 2.14 bits per heavy atom. The van der Waals surface area contributed by atoms with Gasteiger partial charge in [-0.25, -0.2) is 4.39 Å². The average molecular weight is 297 g/mol. The molecule has 0 saturated carbocycles. The Balaban J connectivity index is 2.13. The topological polar surface area (TPSA) is 12.0 Å². The first-order chi connectivity index (χ1) is 9.77. The van der Waals surface area contributed by atoms with Crippen LogP contribution in [-0.4, -0.2) is 0 Å². The van der Waals surface area contributed by atoms with E-state index < -0.39 is 11.7 Å². The van der Waals surface area contributed by atoms with Crippen LogP contribution >= 0.6 is 0 Å². The minimum atomic E-state index is -4.34. The van der Waals surface area contributed by atoms with Crippen molar-refractivity contribution in [3.63, 3.8) is 0 Å². The lowest BCUT2D eigenvalue weighted by atomic mass is 10.1. The molecule has 0 heterocycles. The third-order valence-electron chi connectivity index (χ3n) is 3.29. The lowest BCUT2D eigenvalue weighted by molar-refractivity contribution is -0.137. The van der Waals surface area contributed by atoms with E-state index in [-0.39, 0.29) is 11.9 Å². The predicted molar refractivity (Wildman–Crippen MR) is 74.6 cm³/mol. The van der Waals surface area contributed by atoms with E-state index in [1.807, 2.05) is 0 Å². The summed E-state index contributed by atoms with van der Waals surface area (Å²) in [5.74, 6) is -0.320. The number of hydrogen-bond acceptors (Lipinski definition) is 1. The summed E-state index contributed by atoms with van der Waals surface area (Å²) >= 11 is 0. The van der Waals surface area contributed by atoms with Gasteiger partial charge in [-0.1, -0.05) is 18.2 Å². The first-order valence-corrected chi connectivity index (χ1v) is 6.47. The quantitative estimate of drug-likeness (QED) is 0.755. The summed E-state index contributed by atoms with van der Waals surface area (Å²) in [7, 11) is 0. The number of anilines is 1. The Hall–Kier alpha value is -2.04. The Morgan fingerprint density at radius 1 is 1.00 bits per heavy atom. The molecule has 0 amide bonds. The second-order valence-electron chi connectivity index (χ2n) is 4.95. The molecule has 0 aliphatic carbocycles. The number of benzene rings is 2. The van der Waals surface area contributed by atoms with Gasteiger partial charge in [0.15, 0.2) is 0 Å². The fourth-order valence-electron chi connectivity index (χ4n) is 1.98. The van der Waals surface area contributed by atoms with Crippen molar-refractivity contribution in [3.05, 3.63) is 65.0 Å². The van der Waals surface area contributed by atoms with Gasteiger partial charge in [-0.15, -0.1) is 0 Å². The van der Waals surface area contributed by atoms with E-state index in [0.29, 0.717) is 16.8 Å². The first kappa shape index (κ1) is 15.4. The molecule has 5 heteroatoms. The van der Waals surface area contributed by atoms with Crippen LogP contribution in [0.5, 0.6) is 0 Å². The zero-order valence-electron chi connectivity index (χ0n) is 11.6. The van der Waals surface area contributed by atoms with E-state index in [9.17, 15) is 17.6 Å². The minimum absolute atomic E-state index is 0.227. The number of alkyl halides is 3. The summed E-state index contributed by atoms with van der Waals surface area (Å²) in [4.78, 5) is 0. The molecule has 112 valence electrons. The molecule has 0 bridgehead atoms. The lowest BCUT2D eigenvalue weighted by Crippen LogP contribution is -2.09. The Labute approximate surface area is 120 Å². The van der Waals surface area contributed by atoms with Gasteiger partial charge < -0.3 is 5.32 Å². The van der Waals surface area contributed by atoms with E-state index in [0.717, 1.165) is 12.1 Å². The van der Waals surface area contributed by atoms with Gasteiger partial charge in [0.05, 0.1) is 5.56 Å². The predicted octanol–water partition coefficient (Wildman–Crippen LogP) is 5.33. The van der Waals surface area contributed by atoms with Crippen LogP contribution in [-0.2, 0) is 6.18 Å². The average Bonchev–Trinajstić information content (AvgIpc) is 2.42. The first-order valence-electron chi connectivity index (χ1n) is 6.47. The van der Waals surface area contributed by atoms with Crippen molar-refractivity contribution in [1.29, 1.82) is 0 Å². The standard InChI is InChI=1S/C16H15F4N/c1-10-3-8-14(9-15(10)17)21-11(2)12-4-6-13(7-5-12)16(18,19)20/h3-9,11,21H,1-2H3. The molecule has 0 saturated heterocycles. The number of nitrogens with one attached hydrogen (secondary N) is 1. The highest BCUT2D eigenvalue weighted by Crippen LogP contribution is 2.30. The van der Waals surface area contributed by atoms with Gasteiger partial charge in [0.1, 0.15) is 5.82 Å². The molecule has 2 rings (SSSR count). The van der Waals surface area contributed by atoms with Gasteiger partial charge in [0, 0.05) is 11.7 Å². The van der Waals surface area contributed by atoms with Crippen LogP contribution in [0.15, 0.2) is 42.5 Å². The van der Waals surface area contributed by atoms with Gasteiger partial charge in [0.2, 0.25) is 0 Å². The molecule has 0 aromatic heterocycles. The van der Waals surface area contributed by atoms with Crippen molar-refractivity contribution < 1.29 is 17.6 Å². The van der Waals surface area contributed by atoms with E-state index in [1.165, 1.54) is 18.2 Å². The maximum atomic E-state index is 13.5. The SMILES string of the molecule is Cc1ccc(NC(C)c2ccc(C(F)(F)F)cc2)cc1F. The lowest BCUT2D eigenvalue weighted by Gasteiger charge is -2.17. The molecule has 2 aromatic carbocycles. The van der Waals surface area contributed by atoms with Crippen LogP contribution in [0.4, 0.5) is 23.2 Å². The second-order valence-corrected chi connectivity index (χ2v) is 4.95. The summed E-state index contributed by atoms with van der Waals surface area (Å²) in [6.45, 7) is 3.47. The van der Waals surface area contributed by atoms with Crippen molar-refractivity contribution in [2.75, 3.05) is 5.32 Å². The molecule has 2 aromatic rings. The van der Waals surface area contributed by atoms with Crippen LogP contribution in [0.25, 0.3) is 0 Å². The molecular weight excluding hydrogens is 282 g/mol. The largest absolute Gasteiger partial charge is 0.416 e. The summed E-state index contributed by atoms with van der Waals surface area (Å²) in [5.41, 5.74) is 1.15. The van der Waals surface area contributed by atoms with Crippen LogP contribution in [0.1, 0.15) is 29.7 Å². The maximum absolute atomic E-state index is 13.5. The Bertz CT molecular complexity index is 617. The molecule has 0 spiro atoms. The minimum Gasteiger partial charge on any atom is -0.378 e. The van der Waals surface area contributed by atoms with Crippen molar-refractivity contribution in [1.82, 2.24) is 0 Å². The third-order valence-corrected chi connectivity index (χ3v) is 3.29. The Morgan fingerprint density at radius 2 is 1.62 bits per heavy atom. The zero-order valence-corrected chi connectivity index (χ0v) is 11.6. The molecule has 0 fully saturated rings. The summed E-state index contributed by atoms with van der Waals surface area (Å²) in [6.07, 6.45) is -4.34. The fourth-order valence-corrected chi connectivity index (χ4v) is 1.98.